The van der Waals surface area contributed by atoms with E-state index in [9.17, 15) is 19.6 Å². The third-order valence-electron chi connectivity index (χ3n) is 4.65. The molecule has 32 heavy (non-hydrogen) atoms. The molecule has 0 unspecified atom stereocenters. The lowest BCUT2D eigenvalue weighted by atomic mass is 10.1. The van der Waals surface area contributed by atoms with Gasteiger partial charge in [-0.25, -0.2) is 19.5 Å². The predicted octanol–water partition coefficient (Wildman–Crippen LogP) is -2.99. The number of phosphoric acid groups is 1. The summed E-state index contributed by atoms with van der Waals surface area (Å²) in [6.45, 7) is -0.0778. The Morgan fingerprint density at radius 1 is 1.28 bits per heavy atom. The molecule has 10 N–H and O–H groups in total. The van der Waals surface area contributed by atoms with Gasteiger partial charge in [0.15, 0.2) is 23.2 Å². The van der Waals surface area contributed by atoms with E-state index in [-0.39, 0.29) is 35.4 Å². The van der Waals surface area contributed by atoms with Crippen molar-refractivity contribution in [2.24, 2.45) is 5.73 Å². The maximum Gasteiger partial charge on any atom is 0.469 e. The number of rotatable bonds is 10. The standard InChI is InChI=1S/C15H25N8O8P/c16-4-8(24)18-2-1-3-19-15-22-9-12(17)20-6-21-13(9)23(15)14-11(26)10(25)7(31-14)5-30-32(27,28)29/h6-7,10-11,14,25-26H,1-5,16H2,(H,18,24)(H,19,22)(H2,17,20,21)(H2,27,28,29)/t7-,10-,11-,14-/m1/s1. The Labute approximate surface area is 181 Å². The Morgan fingerprint density at radius 2 is 2.03 bits per heavy atom. The third-order valence-corrected chi connectivity index (χ3v) is 5.13. The molecule has 1 amide bonds. The zero-order valence-electron chi connectivity index (χ0n) is 16.7. The minimum Gasteiger partial charge on any atom is -0.387 e. The molecule has 0 spiro atoms. The molecule has 3 rings (SSSR count). The van der Waals surface area contributed by atoms with Crippen LogP contribution in [0.3, 0.4) is 0 Å². The summed E-state index contributed by atoms with van der Waals surface area (Å²) in [4.78, 5) is 41.3. The van der Waals surface area contributed by atoms with E-state index >= 15 is 0 Å². The highest BCUT2D eigenvalue weighted by atomic mass is 31.2. The van der Waals surface area contributed by atoms with Crippen LogP contribution in [0.5, 0.6) is 0 Å². The maximum absolute atomic E-state index is 11.2. The molecule has 4 atom stereocenters. The normalized spacial score (nSPS) is 23.5. The average molecular weight is 476 g/mol. The summed E-state index contributed by atoms with van der Waals surface area (Å²) in [6, 6.07) is 0. The predicted molar refractivity (Wildman–Crippen MR) is 109 cm³/mol. The van der Waals surface area contributed by atoms with E-state index in [1.807, 2.05) is 0 Å². The molecule has 1 aliphatic heterocycles. The first kappa shape index (κ1) is 24.2. The van der Waals surface area contributed by atoms with Crippen molar-refractivity contribution in [3.8, 4) is 0 Å². The van der Waals surface area contributed by atoms with Crippen molar-refractivity contribution in [1.29, 1.82) is 0 Å². The van der Waals surface area contributed by atoms with Crippen LogP contribution in [-0.4, -0.2) is 90.0 Å². The van der Waals surface area contributed by atoms with Crippen LogP contribution in [-0.2, 0) is 18.6 Å². The average Bonchev–Trinajstić information content (AvgIpc) is 3.24. The fourth-order valence-electron chi connectivity index (χ4n) is 3.13. The number of aliphatic hydroxyl groups excluding tert-OH is 2. The Kier molecular flexibility index (Phi) is 7.58. The smallest absolute Gasteiger partial charge is 0.387 e. The lowest BCUT2D eigenvalue weighted by molar-refractivity contribution is -0.119. The van der Waals surface area contributed by atoms with Gasteiger partial charge in [-0.15, -0.1) is 0 Å². The lowest BCUT2D eigenvalue weighted by Gasteiger charge is -2.19. The van der Waals surface area contributed by atoms with E-state index in [4.69, 9.17) is 26.0 Å². The molecule has 16 nitrogen and oxygen atoms in total. The molecular weight excluding hydrogens is 451 g/mol. The Morgan fingerprint density at radius 3 is 2.72 bits per heavy atom. The summed E-state index contributed by atoms with van der Waals surface area (Å²) in [5.74, 6) is -0.0353. The van der Waals surface area contributed by atoms with Crippen LogP contribution in [0.15, 0.2) is 6.33 Å². The summed E-state index contributed by atoms with van der Waals surface area (Å²) in [5.41, 5.74) is 11.5. The number of nitrogens with zero attached hydrogens (tertiary/aromatic N) is 4. The Balaban J connectivity index is 1.81. The molecular formula is C15H25N8O8P. The van der Waals surface area contributed by atoms with Crippen molar-refractivity contribution in [1.82, 2.24) is 24.8 Å². The number of hydrogen-bond acceptors (Lipinski definition) is 12. The molecule has 0 aliphatic carbocycles. The lowest BCUT2D eigenvalue weighted by Crippen LogP contribution is -2.34. The molecule has 1 fully saturated rings. The van der Waals surface area contributed by atoms with Gasteiger partial charge < -0.3 is 46.8 Å². The molecule has 3 heterocycles. The number of ether oxygens (including phenoxy) is 1. The maximum atomic E-state index is 11.2. The summed E-state index contributed by atoms with van der Waals surface area (Å²) in [7, 11) is -4.81. The van der Waals surface area contributed by atoms with Crippen molar-refractivity contribution in [2.75, 3.05) is 37.3 Å². The molecule has 0 radical (unpaired) electrons. The zero-order valence-corrected chi connectivity index (χ0v) is 17.6. The Hall–Kier alpha value is -2.43. The second-order valence-corrected chi connectivity index (χ2v) is 8.14. The number of anilines is 2. The van der Waals surface area contributed by atoms with Gasteiger partial charge in [-0.2, -0.15) is 0 Å². The molecule has 2 aromatic heterocycles. The number of imidazole rings is 1. The van der Waals surface area contributed by atoms with Crippen molar-refractivity contribution >= 4 is 36.7 Å². The second-order valence-electron chi connectivity index (χ2n) is 6.90. The molecule has 0 aromatic carbocycles. The topological polar surface area (TPSA) is 253 Å². The molecule has 2 aromatic rings. The Bertz CT molecular complexity index is 999. The van der Waals surface area contributed by atoms with Gasteiger partial charge in [0, 0.05) is 13.1 Å². The molecule has 1 saturated heterocycles. The van der Waals surface area contributed by atoms with Crippen molar-refractivity contribution in [3.63, 3.8) is 0 Å². The molecule has 178 valence electrons. The van der Waals surface area contributed by atoms with Gasteiger partial charge in [-0.1, -0.05) is 0 Å². The number of phosphoric ester groups is 1. The number of aromatic nitrogens is 4. The summed E-state index contributed by atoms with van der Waals surface area (Å²) < 4.78 is 22.4. The van der Waals surface area contributed by atoms with Crippen LogP contribution in [0.2, 0.25) is 0 Å². The van der Waals surface area contributed by atoms with Crippen LogP contribution >= 0.6 is 7.82 Å². The van der Waals surface area contributed by atoms with Gasteiger partial charge in [0.2, 0.25) is 11.9 Å². The summed E-state index contributed by atoms with van der Waals surface area (Å²) in [6.07, 6.45) is -3.78. The van der Waals surface area contributed by atoms with Crippen molar-refractivity contribution < 1.29 is 38.6 Å². The number of nitrogens with one attached hydrogen (secondary N) is 2. The number of amides is 1. The first-order valence-electron chi connectivity index (χ1n) is 9.53. The number of carbonyl (C=O) groups excluding carboxylic acids is 1. The molecule has 0 saturated carbocycles. The van der Waals surface area contributed by atoms with E-state index in [0.717, 1.165) is 0 Å². The van der Waals surface area contributed by atoms with Crippen molar-refractivity contribution in [3.05, 3.63) is 6.33 Å². The fraction of sp³-hybridized carbons (Fsp3) is 0.600. The highest BCUT2D eigenvalue weighted by Crippen LogP contribution is 2.39. The van der Waals surface area contributed by atoms with Gasteiger partial charge in [-0.3, -0.25) is 13.9 Å². The monoisotopic (exact) mass is 476 g/mol. The van der Waals surface area contributed by atoms with Gasteiger partial charge in [-0.05, 0) is 6.42 Å². The minimum absolute atomic E-state index is 0.0708. The van der Waals surface area contributed by atoms with Crippen LogP contribution in [0.4, 0.5) is 11.8 Å². The first-order valence-corrected chi connectivity index (χ1v) is 11.1. The first-order chi connectivity index (χ1) is 15.1. The van der Waals surface area contributed by atoms with Gasteiger partial charge >= 0.3 is 7.82 Å². The third kappa shape index (κ3) is 5.48. The summed E-state index contributed by atoms with van der Waals surface area (Å²) >= 11 is 0. The molecule has 17 heteroatoms. The molecule has 1 aliphatic rings. The number of aliphatic hydroxyl groups is 2. The van der Waals surface area contributed by atoms with Gasteiger partial charge in [0.1, 0.15) is 24.6 Å². The number of fused-ring (bicyclic) bond motifs is 1. The summed E-state index contributed by atoms with van der Waals surface area (Å²) in [5, 5.41) is 26.5. The van der Waals surface area contributed by atoms with Crippen LogP contribution in [0.1, 0.15) is 12.6 Å². The van der Waals surface area contributed by atoms with Gasteiger partial charge in [0.05, 0.1) is 13.2 Å². The van der Waals surface area contributed by atoms with E-state index in [1.54, 1.807) is 0 Å². The van der Waals surface area contributed by atoms with Gasteiger partial charge in [0.25, 0.3) is 0 Å². The fourth-order valence-corrected chi connectivity index (χ4v) is 3.47. The number of carbonyl (C=O) groups is 1. The van der Waals surface area contributed by atoms with Crippen LogP contribution < -0.4 is 22.1 Å². The minimum atomic E-state index is -4.81. The SMILES string of the molecule is NCC(=O)NCCCNc1nc2c(N)ncnc2n1[C@@H]1O[C@H](COP(=O)(O)O)[C@@H](O)[C@H]1O. The number of hydrogen-bond donors (Lipinski definition) is 8. The van der Waals surface area contributed by atoms with E-state index in [2.05, 4.69) is 30.1 Å². The highest BCUT2D eigenvalue weighted by Gasteiger charge is 2.46. The number of nitrogens with two attached hydrogens (primary N) is 2. The van der Waals surface area contributed by atoms with E-state index < -0.39 is 39.0 Å². The van der Waals surface area contributed by atoms with Crippen molar-refractivity contribution in [2.45, 2.75) is 31.0 Å². The van der Waals surface area contributed by atoms with Crippen LogP contribution in [0.25, 0.3) is 11.2 Å². The quantitative estimate of drug-likeness (QED) is 0.126. The highest BCUT2D eigenvalue weighted by molar-refractivity contribution is 7.46. The second kappa shape index (κ2) is 10.0. The zero-order chi connectivity index (χ0) is 23.5. The number of nitrogen functional groups attached to an aromatic ring is 1. The van der Waals surface area contributed by atoms with E-state index in [0.29, 0.717) is 19.5 Å². The van der Waals surface area contributed by atoms with Crippen LogP contribution in [0, 0.1) is 0 Å². The largest absolute Gasteiger partial charge is 0.469 e. The van der Waals surface area contributed by atoms with E-state index in [1.165, 1.54) is 10.9 Å². The molecule has 0 bridgehead atoms.